The van der Waals surface area contributed by atoms with E-state index in [9.17, 15) is 4.39 Å². The highest BCUT2D eigenvalue weighted by molar-refractivity contribution is 5.43. The summed E-state index contributed by atoms with van der Waals surface area (Å²) in [6.45, 7) is 4.51. The van der Waals surface area contributed by atoms with Gasteiger partial charge in [0.1, 0.15) is 12.5 Å². The fraction of sp³-hybridized carbons (Fsp3) is 0.500. The normalized spacial score (nSPS) is 10.9. The van der Waals surface area contributed by atoms with Crippen molar-refractivity contribution in [1.29, 1.82) is 0 Å². The van der Waals surface area contributed by atoms with Gasteiger partial charge in [-0.05, 0) is 13.8 Å². The highest BCUT2D eigenvalue weighted by Gasteiger charge is 2.09. The van der Waals surface area contributed by atoms with E-state index in [1.807, 2.05) is 31.8 Å². The molecule has 0 fully saturated rings. The predicted octanol–water partition coefficient (Wildman–Crippen LogP) is 1.82. The average molecular weight is 251 g/mol. The predicted molar refractivity (Wildman–Crippen MR) is 68.2 cm³/mol. The number of halogens is 1. The fourth-order valence-electron chi connectivity index (χ4n) is 1.86. The first kappa shape index (κ1) is 12.6. The Kier molecular flexibility index (Phi) is 3.64. The van der Waals surface area contributed by atoms with Gasteiger partial charge in [0.25, 0.3) is 0 Å². The first-order valence-electron chi connectivity index (χ1n) is 5.93. The van der Waals surface area contributed by atoms with Gasteiger partial charge in [0.15, 0.2) is 0 Å². The van der Waals surface area contributed by atoms with Gasteiger partial charge in [0.2, 0.25) is 0 Å². The van der Waals surface area contributed by atoms with Crippen LogP contribution in [0, 0.1) is 13.8 Å². The van der Waals surface area contributed by atoms with Crippen molar-refractivity contribution in [2.45, 2.75) is 26.9 Å². The summed E-state index contributed by atoms with van der Waals surface area (Å²) in [6, 6.07) is 0. The van der Waals surface area contributed by atoms with E-state index >= 15 is 0 Å². The van der Waals surface area contributed by atoms with Crippen LogP contribution in [-0.2, 0) is 20.1 Å². The van der Waals surface area contributed by atoms with E-state index in [1.54, 1.807) is 10.9 Å². The molecule has 0 amide bonds. The van der Waals surface area contributed by atoms with Gasteiger partial charge >= 0.3 is 0 Å². The summed E-state index contributed by atoms with van der Waals surface area (Å²) in [5.41, 5.74) is 3.27. The van der Waals surface area contributed by atoms with E-state index in [-0.39, 0.29) is 6.54 Å². The third-order valence-corrected chi connectivity index (χ3v) is 3.10. The van der Waals surface area contributed by atoms with Crippen molar-refractivity contribution >= 4 is 5.82 Å². The third kappa shape index (κ3) is 2.37. The topological polar surface area (TPSA) is 47.7 Å². The Morgan fingerprint density at radius 3 is 2.67 bits per heavy atom. The summed E-state index contributed by atoms with van der Waals surface area (Å²) in [5.74, 6) is 0.871. The van der Waals surface area contributed by atoms with Crippen molar-refractivity contribution in [3.05, 3.63) is 29.2 Å². The van der Waals surface area contributed by atoms with Gasteiger partial charge in [-0.3, -0.25) is 4.68 Å². The highest BCUT2D eigenvalue weighted by atomic mass is 19.1. The lowest BCUT2D eigenvalue weighted by Crippen LogP contribution is -2.10. The van der Waals surface area contributed by atoms with Crippen LogP contribution in [0.15, 0.2) is 12.4 Å². The van der Waals surface area contributed by atoms with Crippen LogP contribution in [0.4, 0.5) is 10.2 Å². The molecule has 0 unspecified atom stereocenters. The smallest absolute Gasteiger partial charge is 0.127 e. The van der Waals surface area contributed by atoms with Gasteiger partial charge in [-0.15, -0.1) is 0 Å². The quantitative estimate of drug-likeness (QED) is 0.881. The number of aryl methyl sites for hydroxylation is 3. The largest absolute Gasteiger partial charge is 0.366 e. The summed E-state index contributed by atoms with van der Waals surface area (Å²) in [5, 5.41) is 11.6. The van der Waals surface area contributed by atoms with Crippen molar-refractivity contribution in [3.8, 4) is 0 Å². The van der Waals surface area contributed by atoms with E-state index in [4.69, 9.17) is 0 Å². The molecule has 0 radical (unpaired) electrons. The number of rotatable bonds is 5. The van der Waals surface area contributed by atoms with Crippen LogP contribution in [-0.4, -0.2) is 26.2 Å². The molecule has 0 aliphatic carbocycles. The maximum Gasteiger partial charge on any atom is 0.127 e. The second-order valence-electron chi connectivity index (χ2n) is 4.32. The molecule has 2 aromatic heterocycles. The molecule has 0 saturated heterocycles. The van der Waals surface area contributed by atoms with Gasteiger partial charge < -0.3 is 5.32 Å². The number of anilines is 1. The summed E-state index contributed by atoms with van der Waals surface area (Å²) in [6.07, 6.45) is 3.58. The van der Waals surface area contributed by atoms with E-state index in [0.29, 0.717) is 6.54 Å². The van der Waals surface area contributed by atoms with Crippen molar-refractivity contribution in [2.75, 3.05) is 12.0 Å². The first-order chi connectivity index (χ1) is 8.63. The molecule has 2 heterocycles. The number of nitrogens with one attached hydrogen (secondary N) is 1. The van der Waals surface area contributed by atoms with Crippen LogP contribution in [0.25, 0.3) is 0 Å². The van der Waals surface area contributed by atoms with Crippen molar-refractivity contribution < 1.29 is 4.39 Å². The zero-order valence-electron chi connectivity index (χ0n) is 10.9. The Labute approximate surface area is 106 Å². The molecule has 0 spiro atoms. The Morgan fingerprint density at radius 2 is 2.06 bits per heavy atom. The molecule has 0 bridgehead atoms. The summed E-state index contributed by atoms with van der Waals surface area (Å²) < 4.78 is 15.9. The van der Waals surface area contributed by atoms with E-state index < -0.39 is 6.67 Å². The molecule has 18 heavy (non-hydrogen) atoms. The maximum atomic E-state index is 12.4. The maximum absolute atomic E-state index is 12.4. The van der Waals surface area contributed by atoms with Crippen molar-refractivity contribution in [3.63, 3.8) is 0 Å². The molecule has 0 aliphatic rings. The van der Waals surface area contributed by atoms with Gasteiger partial charge in [-0.1, -0.05) is 0 Å². The Morgan fingerprint density at radius 1 is 1.28 bits per heavy atom. The summed E-state index contributed by atoms with van der Waals surface area (Å²) in [7, 11) is 1.91. The lowest BCUT2D eigenvalue weighted by atomic mass is 10.2. The molecule has 0 aliphatic heterocycles. The van der Waals surface area contributed by atoms with Crippen LogP contribution < -0.4 is 5.32 Å². The minimum atomic E-state index is -0.415. The standard InChI is InChI=1S/C12H18FN5/c1-9-6-16-18(5-4-13)12(9)14-7-11-8-15-17(3)10(11)2/h6,8,14H,4-5,7H2,1-3H3. The SMILES string of the molecule is Cc1cnn(CCF)c1NCc1cnn(C)c1C. The lowest BCUT2D eigenvalue weighted by Gasteiger charge is -2.09. The fourth-order valence-corrected chi connectivity index (χ4v) is 1.86. The Hall–Kier alpha value is -1.85. The minimum absolute atomic E-state index is 0.280. The Bertz CT molecular complexity index is 529. The summed E-state index contributed by atoms with van der Waals surface area (Å²) in [4.78, 5) is 0. The molecule has 2 rings (SSSR count). The van der Waals surface area contributed by atoms with Crippen molar-refractivity contribution in [2.24, 2.45) is 7.05 Å². The average Bonchev–Trinajstić information content (AvgIpc) is 2.85. The molecular formula is C12H18FN5. The van der Waals surface area contributed by atoms with Gasteiger partial charge in [0, 0.05) is 30.4 Å². The van der Waals surface area contributed by atoms with Gasteiger partial charge in [-0.2, -0.15) is 10.2 Å². The number of hydrogen-bond donors (Lipinski definition) is 1. The molecule has 0 saturated carbocycles. The van der Waals surface area contributed by atoms with Crippen LogP contribution in [0.2, 0.25) is 0 Å². The molecule has 5 nitrogen and oxygen atoms in total. The van der Waals surface area contributed by atoms with Crippen LogP contribution in [0.1, 0.15) is 16.8 Å². The van der Waals surface area contributed by atoms with Gasteiger partial charge in [0.05, 0.1) is 18.9 Å². The van der Waals surface area contributed by atoms with E-state index in [0.717, 1.165) is 22.6 Å². The monoisotopic (exact) mass is 251 g/mol. The number of alkyl halides is 1. The first-order valence-corrected chi connectivity index (χ1v) is 5.93. The molecule has 0 atom stereocenters. The second kappa shape index (κ2) is 5.20. The lowest BCUT2D eigenvalue weighted by molar-refractivity contribution is 0.429. The molecular weight excluding hydrogens is 233 g/mol. The zero-order chi connectivity index (χ0) is 13.1. The Balaban J connectivity index is 2.10. The van der Waals surface area contributed by atoms with Crippen molar-refractivity contribution in [1.82, 2.24) is 19.6 Å². The van der Waals surface area contributed by atoms with E-state index in [1.165, 1.54) is 0 Å². The van der Waals surface area contributed by atoms with Crippen LogP contribution >= 0.6 is 0 Å². The molecule has 0 aromatic carbocycles. The van der Waals surface area contributed by atoms with Gasteiger partial charge in [-0.25, -0.2) is 9.07 Å². The molecule has 98 valence electrons. The van der Waals surface area contributed by atoms with Crippen LogP contribution in [0.3, 0.4) is 0 Å². The second-order valence-corrected chi connectivity index (χ2v) is 4.32. The molecule has 1 N–H and O–H groups in total. The third-order valence-electron chi connectivity index (χ3n) is 3.10. The minimum Gasteiger partial charge on any atom is -0.366 e. The van der Waals surface area contributed by atoms with E-state index in [2.05, 4.69) is 15.5 Å². The van der Waals surface area contributed by atoms with Crippen LogP contribution in [0.5, 0.6) is 0 Å². The number of nitrogens with zero attached hydrogens (tertiary/aromatic N) is 4. The molecule has 6 heteroatoms. The number of aromatic nitrogens is 4. The summed E-state index contributed by atoms with van der Waals surface area (Å²) >= 11 is 0. The highest BCUT2D eigenvalue weighted by Crippen LogP contribution is 2.16. The number of hydrogen-bond acceptors (Lipinski definition) is 3. The zero-order valence-corrected chi connectivity index (χ0v) is 10.9. The molecule has 2 aromatic rings.